The van der Waals surface area contributed by atoms with Gasteiger partial charge in [-0.25, -0.2) is 14.4 Å². The van der Waals surface area contributed by atoms with E-state index in [4.69, 9.17) is 0 Å². The van der Waals surface area contributed by atoms with Crippen molar-refractivity contribution in [2.75, 3.05) is 19.0 Å². The summed E-state index contributed by atoms with van der Waals surface area (Å²) in [5, 5.41) is 9.88. The van der Waals surface area contributed by atoms with Gasteiger partial charge >= 0.3 is 0 Å². The van der Waals surface area contributed by atoms with Crippen molar-refractivity contribution < 1.29 is 9.50 Å². The number of nitrogens with zero attached hydrogens (tertiary/aromatic N) is 3. The molecule has 0 saturated heterocycles. The Hall–Kier alpha value is -2.95. The van der Waals surface area contributed by atoms with E-state index in [-0.39, 0.29) is 17.1 Å². The van der Waals surface area contributed by atoms with Crippen LogP contribution in [0.4, 0.5) is 10.1 Å². The Bertz CT molecular complexity index is 812. The highest BCUT2D eigenvalue weighted by atomic mass is 19.1. The molecule has 0 bridgehead atoms. The molecule has 5 heteroatoms. The standard InChI is InChI=1S/C18H16FN3O/c1-22(2)13-8-6-12(7-9-13)15-10-11-20-18(21-15)17-14(19)4-3-5-16(17)23/h3-11,23H,1-2H3. The molecule has 3 rings (SSSR count). The lowest BCUT2D eigenvalue weighted by Gasteiger charge is -2.12. The van der Waals surface area contributed by atoms with Crippen LogP contribution in [0.1, 0.15) is 0 Å². The van der Waals surface area contributed by atoms with Crippen molar-refractivity contribution in [3.63, 3.8) is 0 Å². The van der Waals surface area contributed by atoms with Crippen molar-refractivity contribution >= 4 is 5.69 Å². The summed E-state index contributed by atoms with van der Waals surface area (Å²) in [7, 11) is 3.94. The number of aromatic hydroxyl groups is 1. The Morgan fingerprint density at radius 1 is 1.00 bits per heavy atom. The minimum absolute atomic E-state index is 0.0132. The van der Waals surface area contributed by atoms with Gasteiger partial charge in [0.1, 0.15) is 11.6 Å². The van der Waals surface area contributed by atoms with Gasteiger partial charge in [-0.2, -0.15) is 0 Å². The first-order valence-electron chi connectivity index (χ1n) is 7.15. The van der Waals surface area contributed by atoms with Crippen LogP contribution in [0, 0.1) is 5.82 Å². The molecule has 0 aliphatic carbocycles. The average molecular weight is 309 g/mol. The first-order chi connectivity index (χ1) is 11.1. The molecule has 1 heterocycles. The maximum Gasteiger partial charge on any atom is 0.166 e. The van der Waals surface area contributed by atoms with Crippen molar-refractivity contribution in [2.45, 2.75) is 0 Å². The topological polar surface area (TPSA) is 49.2 Å². The molecule has 0 saturated carbocycles. The smallest absolute Gasteiger partial charge is 0.166 e. The number of anilines is 1. The van der Waals surface area contributed by atoms with Gasteiger partial charge in [0.2, 0.25) is 0 Å². The van der Waals surface area contributed by atoms with Gasteiger partial charge in [-0.1, -0.05) is 18.2 Å². The van der Waals surface area contributed by atoms with Crippen LogP contribution in [0.5, 0.6) is 5.75 Å². The summed E-state index contributed by atoms with van der Waals surface area (Å²) < 4.78 is 14.0. The lowest BCUT2D eigenvalue weighted by molar-refractivity contribution is 0.471. The fourth-order valence-corrected chi connectivity index (χ4v) is 2.30. The minimum atomic E-state index is -0.551. The SMILES string of the molecule is CN(C)c1ccc(-c2ccnc(-c3c(O)cccc3F)n2)cc1. The van der Waals surface area contributed by atoms with E-state index in [9.17, 15) is 9.50 Å². The molecule has 0 aliphatic rings. The lowest BCUT2D eigenvalue weighted by Crippen LogP contribution is -2.07. The van der Waals surface area contributed by atoms with Crippen LogP contribution in [0.15, 0.2) is 54.7 Å². The number of aromatic nitrogens is 2. The maximum absolute atomic E-state index is 14.0. The van der Waals surface area contributed by atoms with Gasteiger partial charge in [0.05, 0.1) is 11.3 Å². The van der Waals surface area contributed by atoms with Crippen LogP contribution >= 0.6 is 0 Å². The van der Waals surface area contributed by atoms with Crippen molar-refractivity contribution in [1.29, 1.82) is 0 Å². The number of hydrogen-bond donors (Lipinski definition) is 1. The molecule has 0 amide bonds. The highest BCUT2D eigenvalue weighted by Gasteiger charge is 2.14. The zero-order valence-corrected chi connectivity index (χ0v) is 12.9. The zero-order valence-electron chi connectivity index (χ0n) is 12.9. The van der Waals surface area contributed by atoms with E-state index < -0.39 is 5.82 Å². The molecule has 1 N–H and O–H groups in total. The second-order valence-electron chi connectivity index (χ2n) is 5.34. The van der Waals surface area contributed by atoms with Crippen LogP contribution in [-0.4, -0.2) is 29.2 Å². The Kier molecular flexibility index (Phi) is 3.93. The number of phenolic OH excluding ortho intramolecular Hbond substituents is 1. The Morgan fingerprint density at radius 2 is 1.74 bits per heavy atom. The molecular weight excluding hydrogens is 293 g/mol. The van der Waals surface area contributed by atoms with Gasteiger partial charge in [0.15, 0.2) is 5.82 Å². The highest BCUT2D eigenvalue weighted by molar-refractivity contribution is 5.68. The number of hydrogen-bond acceptors (Lipinski definition) is 4. The Morgan fingerprint density at radius 3 is 2.39 bits per heavy atom. The van der Waals surface area contributed by atoms with Gasteiger partial charge in [-0.05, 0) is 30.3 Å². The first kappa shape index (κ1) is 15.0. The van der Waals surface area contributed by atoms with E-state index in [1.165, 1.54) is 18.2 Å². The molecule has 0 radical (unpaired) electrons. The van der Waals surface area contributed by atoms with Crippen molar-refractivity contribution in [3.8, 4) is 28.4 Å². The van der Waals surface area contributed by atoms with Crippen molar-refractivity contribution in [3.05, 3.63) is 60.5 Å². The monoisotopic (exact) mass is 309 g/mol. The molecule has 23 heavy (non-hydrogen) atoms. The number of benzene rings is 2. The molecule has 4 nitrogen and oxygen atoms in total. The van der Waals surface area contributed by atoms with Crippen LogP contribution < -0.4 is 4.90 Å². The fraction of sp³-hybridized carbons (Fsp3) is 0.111. The average Bonchev–Trinajstić information content (AvgIpc) is 2.55. The summed E-state index contributed by atoms with van der Waals surface area (Å²) >= 11 is 0. The van der Waals surface area contributed by atoms with E-state index in [0.717, 1.165) is 11.3 Å². The van der Waals surface area contributed by atoms with E-state index in [0.29, 0.717) is 5.69 Å². The predicted octanol–water partition coefficient (Wildman–Crippen LogP) is 3.72. The zero-order chi connectivity index (χ0) is 16.4. The van der Waals surface area contributed by atoms with Crippen LogP contribution in [0.3, 0.4) is 0 Å². The molecule has 0 unspecified atom stereocenters. The quantitative estimate of drug-likeness (QED) is 0.801. The second-order valence-corrected chi connectivity index (χ2v) is 5.34. The first-order valence-corrected chi connectivity index (χ1v) is 7.15. The fourth-order valence-electron chi connectivity index (χ4n) is 2.30. The normalized spacial score (nSPS) is 10.6. The van der Waals surface area contributed by atoms with Crippen LogP contribution in [0.2, 0.25) is 0 Å². The van der Waals surface area contributed by atoms with E-state index in [2.05, 4.69) is 9.97 Å². The Balaban J connectivity index is 2.03. The summed E-state index contributed by atoms with van der Waals surface area (Å²) in [6, 6.07) is 13.8. The van der Waals surface area contributed by atoms with Crippen molar-refractivity contribution in [2.24, 2.45) is 0 Å². The number of halogens is 1. The summed E-state index contributed by atoms with van der Waals surface area (Å²) in [6.07, 6.45) is 1.56. The van der Waals surface area contributed by atoms with E-state index in [1.807, 2.05) is 43.3 Å². The maximum atomic E-state index is 14.0. The molecule has 0 spiro atoms. The Labute approximate surface area is 133 Å². The summed E-state index contributed by atoms with van der Waals surface area (Å²) in [5.74, 6) is -0.565. The molecular formula is C18H16FN3O. The van der Waals surface area contributed by atoms with Gasteiger partial charge in [0, 0.05) is 31.5 Å². The third-order valence-electron chi connectivity index (χ3n) is 3.55. The molecule has 3 aromatic rings. The van der Waals surface area contributed by atoms with E-state index in [1.54, 1.807) is 12.3 Å². The molecule has 2 aromatic carbocycles. The van der Waals surface area contributed by atoms with Gasteiger partial charge in [-0.3, -0.25) is 0 Å². The number of phenols is 1. The van der Waals surface area contributed by atoms with Crippen molar-refractivity contribution in [1.82, 2.24) is 9.97 Å². The van der Waals surface area contributed by atoms with Gasteiger partial charge in [0.25, 0.3) is 0 Å². The lowest BCUT2D eigenvalue weighted by atomic mass is 10.1. The molecule has 0 aliphatic heterocycles. The summed E-state index contributed by atoms with van der Waals surface area (Å²) in [5.41, 5.74) is 2.66. The van der Waals surface area contributed by atoms with Crippen LogP contribution in [-0.2, 0) is 0 Å². The molecule has 0 fully saturated rings. The third-order valence-corrected chi connectivity index (χ3v) is 3.55. The van der Waals surface area contributed by atoms with Crippen LogP contribution in [0.25, 0.3) is 22.6 Å². The van der Waals surface area contributed by atoms with E-state index >= 15 is 0 Å². The summed E-state index contributed by atoms with van der Waals surface area (Å²) in [6.45, 7) is 0. The largest absolute Gasteiger partial charge is 0.507 e. The minimum Gasteiger partial charge on any atom is -0.507 e. The highest BCUT2D eigenvalue weighted by Crippen LogP contribution is 2.30. The molecule has 116 valence electrons. The predicted molar refractivity (Wildman–Crippen MR) is 88.9 cm³/mol. The number of rotatable bonds is 3. The van der Waals surface area contributed by atoms with Gasteiger partial charge < -0.3 is 10.0 Å². The third kappa shape index (κ3) is 2.99. The molecule has 0 atom stereocenters. The second kappa shape index (κ2) is 6.04. The molecule has 1 aromatic heterocycles. The van der Waals surface area contributed by atoms with Gasteiger partial charge in [-0.15, -0.1) is 0 Å². The summed E-state index contributed by atoms with van der Waals surface area (Å²) in [4.78, 5) is 10.5.